The van der Waals surface area contributed by atoms with Gasteiger partial charge in [-0.2, -0.15) is 0 Å². The van der Waals surface area contributed by atoms with Crippen LogP contribution in [0.5, 0.6) is 0 Å². The van der Waals surface area contributed by atoms with Gasteiger partial charge in [0.2, 0.25) is 10.0 Å². The SMILES string of the molecule is Cc1ccc(F)cc1S(=O)(=O)N(C)CCCCCCl. The van der Waals surface area contributed by atoms with Gasteiger partial charge in [0.25, 0.3) is 0 Å². The number of hydrogen-bond acceptors (Lipinski definition) is 2. The molecule has 0 spiro atoms. The van der Waals surface area contributed by atoms with E-state index < -0.39 is 15.8 Å². The molecular formula is C13H19ClFNO2S. The largest absolute Gasteiger partial charge is 0.243 e. The molecule has 0 N–H and O–H groups in total. The molecule has 0 bridgehead atoms. The fraction of sp³-hybridized carbons (Fsp3) is 0.538. The van der Waals surface area contributed by atoms with E-state index in [0.29, 0.717) is 18.0 Å². The quantitative estimate of drug-likeness (QED) is 0.573. The fourth-order valence-electron chi connectivity index (χ4n) is 1.75. The summed E-state index contributed by atoms with van der Waals surface area (Å²) in [5.41, 5.74) is 0.550. The van der Waals surface area contributed by atoms with Gasteiger partial charge in [-0.1, -0.05) is 12.5 Å². The summed E-state index contributed by atoms with van der Waals surface area (Å²) < 4.78 is 39.1. The molecule has 0 saturated carbocycles. The third kappa shape index (κ3) is 4.44. The Labute approximate surface area is 119 Å². The number of alkyl halides is 1. The van der Waals surface area contributed by atoms with E-state index in [2.05, 4.69) is 0 Å². The number of benzene rings is 1. The summed E-state index contributed by atoms with van der Waals surface area (Å²) in [5.74, 6) is 0.0409. The molecule has 1 aromatic rings. The number of nitrogens with zero attached hydrogens (tertiary/aromatic N) is 1. The van der Waals surface area contributed by atoms with Crippen molar-refractivity contribution in [1.82, 2.24) is 4.31 Å². The molecule has 0 aliphatic heterocycles. The first-order valence-corrected chi connectivity index (χ1v) is 8.15. The Hall–Kier alpha value is -0.650. The number of aryl methyl sites for hydroxylation is 1. The van der Waals surface area contributed by atoms with Gasteiger partial charge < -0.3 is 0 Å². The van der Waals surface area contributed by atoms with Crippen LogP contribution < -0.4 is 0 Å². The summed E-state index contributed by atoms with van der Waals surface area (Å²) in [6.07, 6.45) is 2.50. The normalized spacial score (nSPS) is 12.1. The van der Waals surface area contributed by atoms with E-state index in [1.54, 1.807) is 6.92 Å². The Morgan fingerprint density at radius 1 is 1.26 bits per heavy atom. The van der Waals surface area contributed by atoms with Gasteiger partial charge >= 0.3 is 0 Å². The second-order valence-corrected chi connectivity index (χ2v) is 6.88. The van der Waals surface area contributed by atoms with Crippen LogP contribution in [0.25, 0.3) is 0 Å². The van der Waals surface area contributed by atoms with Crippen molar-refractivity contribution >= 4 is 21.6 Å². The third-order valence-corrected chi connectivity index (χ3v) is 5.21. The molecule has 0 aromatic heterocycles. The molecular weight excluding hydrogens is 289 g/mol. The number of hydrogen-bond donors (Lipinski definition) is 0. The number of sulfonamides is 1. The molecule has 19 heavy (non-hydrogen) atoms. The Kier molecular flexibility index (Phi) is 6.23. The number of rotatable bonds is 7. The van der Waals surface area contributed by atoms with Crippen molar-refractivity contribution in [3.63, 3.8) is 0 Å². The highest BCUT2D eigenvalue weighted by Gasteiger charge is 2.22. The van der Waals surface area contributed by atoms with E-state index in [9.17, 15) is 12.8 Å². The van der Waals surface area contributed by atoms with Crippen molar-refractivity contribution in [2.75, 3.05) is 19.5 Å². The molecule has 0 aliphatic carbocycles. The van der Waals surface area contributed by atoms with Crippen LogP contribution in [0.1, 0.15) is 24.8 Å². The molecule has 0 radical (unpaired) electrons. The first kappa shape index (κ1) is 16.4. The standard InChI is InChI=1S/C13H19ClFNO2S/c1-11-6-7-12(15)10-13(11)19(17,18)16(2)9-5-3-4-8-14/h6-7,10H,3-5,8-9H2,1-2H3. The van der Waals surface area contributed by atoms with Crippen molar-refractivity contribution in [2.24, 2.45) is 0 Å². The van der Waals surface area contributed by atoms with Gasteiger partial charge in [0.1, 0.15) is 5.82 Å². The summed E-state index contributed by atoms with van der Waals surface area (Å²) in [7, 11) is -2.10. The summed E-state index contributed by atoms with van der Waals surface area (Å²) in [4.78, 5) is 0.0346. The lowest BCUT2D eigenvalue weighted by molar-refractivity contribution is 0.453. The van der Waals surface area contributed by atoms with Crippen molar-refractivity contribution in [3.8, 4) is 0 Å². The summed E-state index contributed by atoms with van der Waals surface area (Å²) in [5, 5.41) is 0. The van der Waals surface area contributed by atoms with Crippen LogP contribution in [0.2, 0.25) is 0 Å². The maximum atomic E-state index is 13.2. The molecule has 0 heterocycles. The minimum absolute atomic E-state index is 0.0346. The highest BCUT2D eigenvalue weighted by Crippen LogP contribution is 2.20. The Balaban J connectivity index is 2.82. The highest BCUT2D eigenvalue weighted by atomic mass is 35.5. The second kappa shape index (κ2) is 7.22. The first-order chi connectivity index (χ1) is 8.89. The highest BCUT2D eigenvalue weighted by molar-refractivity contribution is 7.89. The molecule has 108 valence electrons. The van der Waals surface area contributed by atoms with Gasteiger partial charge in [0, 0.05) is 19.5 Å². The van der Waals surface area contributed by atoms with E-state index in [1.807, 2.05) is 0 Å². The molecule has 0 atom stereocenters. The molecule has 0 fully saturated rings. The van der Waals surface area contributed by atoms with Crippen LogP contribution >= 0.6 is 11.6 Å². The zero-order valence-corrected chi connectivity index (χ0v) is 12.8. The van der Waals surface area contributed by atoms with E-state index in [0.717, 1.165) is 25.3 Å². The lowest BCUT2D eigenvalue weighted by atomic mass is 10.2. The van der Waals surface area contributed by atoms with Crippen molar-refractivity contribution < 1.29 is 12.8 Å². The van der Waals surface area contributed by atoms with Crippen molar-refractivity contribution in [3.05, 3.63) is 29.6 Å². The molecule has 0 amide bonds. The summed E-state index contributed by atoms with van der Waals surface area (Å²) in [6.45, 7) is 2.07. The smallest absolute Gasteiger partial charge is 0.207 e. The predicted molar refractivity (Wildman–Crippen MR) is 75.5 cm³/mol. The van der Waals surface area contributed by atoms with Crippen molar-refractivity contribution in [1.29, 1.82) is 0 Å². The van der Waals surface area contributed by atoms with E-state index >= 15 is 0 Å². The Morgan fingerprint density at radius 3 is 2.58 bits per heavy atom. The van der Waals surface area contributed by atoms with Crippen LogP contribution in [0.15, 0.2) is 23.1 Å². The topological polar surface area (TPSA) is 37.4 Å². The molecule has 1 aromatic carbocycles. The van der Waals surface area contributed by atoms with Crippen molar-refractivity contribution in [2.45, 2.75) is 31.1 Å². The van der Waals surface area contributed by atoms with E-state index in [1.165, 1.54) is 23.5 Å². The zero-order valence-electron chi connectivity index (χ0n) is 11.2. The maximum Gasteiger partial charge on any atom is 0.243 e. The number of unbranched alkanes of at least 4 members (excludes halogenated alkanes) is 2. The van der Waals surface area contributed by atoms with Gasteiger partial charge in [-0.05, 0) is 37.5 Å². The van der Waals surface area contributed by atoms with Gasteiger partial charge in [-0.25, -0.2) is 17.1 Å². The fourth-order valence-corrected chi connectivity index (χ4v) is 3.38. The average Bonchev–Trinajstić information content (AvgIpc) is 2.37. The summed E-state index contributed by atoms with van der Waals surface area (Å²) >= 11 is 5.57. The van der Waals surface area contributed by atoms with Crippen LogP contribution in [-0.4, -0.2) is 32.2 Å². The van der Waals surface area contributed by atoms with Gasteiger partial charge in [0.15, 0.2) is 0 Å². The Morgan fingerprint density at radius 2 is 1.95 bits per heavy atom. The second-order valence-electron chi connectivity index (χ2n) is 4.49. The lowest BCUT2D eigenvalue weighted by Crippen LogP contribution is -2.28. The summed E-state index contributed by atoms with van der Waals surface area (Å²) in [6, 6.07) is 3.80. The van der Waals surface area contributed by atoms with Gasteiger partial charge in [0.05, 0.1) is 4.90 Å². The molecule has 3 nitrogen and oxygen atoms in total. The minimum Gasteiger partial charge on any atom is -0.207 e. The molecule has 6 heteroatoms. The average molecular weight is 308 g/mol. The zero-order chi connectivity index (χ0) is 14.5. The first-order valence-electron chi connectivity index (χ1n) is 6.18. The van der Waals surface area contributed by atoms with Crippen LogP contribution in [0.4, 0.5) is 4.39 Å². The van der Waals surface area contributed by atoms with E-state index in [4.69, 9.17) is 11.6 Å². The van der Waals surface area contributed by atoms with Gasteiger partial charge in [-0.15, -0.1) is 11.6 Å². The van der Waals surface area contributed by atoms with Crippen LogP contribution in [0, 0.1) is 12.7 Å². The van der Waals surface area contributed by atoms with E-state index in [-0.39, 0.29) is 4.90 Å². The minimum atomic E-state index is -3.62. The van der Waals surface area contributed by atoms with Gasteiger partial charge in [-0.3, -0.25) is 0 Å². The van der Waals surface area contributed by atoms with Crippen LogP contribution in [0.3, 0.4) is 0 Å². The third-order valence-electron chi connectivity index (χ3n) is 2.95. The molecule has 0 aliphatic rings. The molecule has 0 unspecified atom stereocenters. The lowest BCUT2D eigenvalue weighted by Gasteiger charge is -2.18. The Bertz CT molecular complexity index is 519. The number of halogens is 2. The molecule has 0 saturated heterocycles. The maximum absolute atomic E-state index is 13.2. The van der Waals surface area contributed by atoms with Crippen LogP contribution in [-0.2, 0) is 10.0 Å². The molecule has 1 rings (SSSR count). The monoisotopic (exact) mass is 307 g/mol. The predicted octanol–water partition coefficient (Wildman–Crippen LogP) is 3.16.